The lowest BCUT2D eigenvalue weighted by Gasteiger charge is -2.08. The number of aromatic nitrogens is 2. The van der Waals surface area contributed by atoms with E-state index in [1.807, 2.05) is 25.1 Å². The first kappa shape index (κ1) is 13.6. The molecule has 1 heterocycles. The summed E-state index contributed by atoms with van der Waals surface area (Å²) in [6.07, 6.45) is 0. The molecule has 0 aliphatic carbocycles. The van der Waals surface area contributed by atoms with Crippen LogP contribution in [0.3, 0.4) is 0 Å². The van der Waals surface area contributed by atoms with Crippen molar-refractivity contribution in [3.05, 3.63) is 56.8 Å². The minimum Gasteiger partial charge on any atom is -0.399 e. The van der Waals surface area contributed by atoms with Gasteiger partial charge in [0.05, 0.1) is 10.9 Å². The van der Waals surface area contributed by atoms with Crippen LogP contribution in [-0.2, 0) is 0 Å². The molecule has 0 amide bonds. The fraction of sp³-hybridized carbons (Fsp3) is 0.0667. The van der Waals surface area contributed by atoms with E-state index < -0.39 is 0 Å². The number of nitrogen functional groups attached to an aromatic ring is 1. The topological polar surface area (TPSA) is 83.8 Å². The van der Waals surface area contributed by atoms with Gasteiger partial charge in [0.2, 0.25) is 5.95 Å². The molecule has 0 aliphatic rings. The van der Waals surface area contributed by atoms with Crippen molar-refractivity contribution in [3.63, 3.8) is 0 Å². The monoisotopic (exact) mass is 344 g/mol. The summed E-state index contributed by atoms with van der Waals surface area (Å²) in [7, 11) is 0. The summed E-state index contributed by atoms with van der Waals surface area (Å²) < 4.78 is 0.989. The SMILES string of the molecule is Cc1ccc(Nc2nc3ccc(N)cc3c(=O)[nH]2)cc1Br. The smallest absolute Gasteiger partial charge is 0.260 e. The highest BCUT2D eigenvalue weighted by Gasteiger charge is 2.05. The van der Waals surface area contributed by atoms with Gasteiger partial charge >= 0.3 is 0 Å². The third kappa shape index (κ3) is 2.75. The number of aromatic amines is 1. The van der Waals surface area contributed by atoms with E-state index in [4.69, 9.17) is 5.73 Å². The van der Waals surface area contributed by atoms with E-state index in [1.165, 1.54) is 0 Å². The number of H-pyrrole nitrogens is 1. The summed E-state index contributed by atoms with van der Waals surface area (Å²) in [4.78, 5) is 19.2. The first-order chi connectivity index (χ1) is 10.0. The zero-order valence-corrected chi connectivity index (χ0v) is 12.9. The van der Waals surface area contributed by atoms with E-state index in [0.29, 0.717) is 22.5 Å². The van der Waals surface area contributed by atoms with E-state index in [2.05, 4.69) is 31.2 Å². The lowest BCUT2D eigenvalue weighted by atomic mass is 10.2. The molecule has 21 heavy (non-hydrogen) atoms. The number of nitrogens with two attached hydrogens (primary N) is 1. The maximum Gasteiger partial charge on any atom is 0.260 e. The van der Waals surface area contributed by atoms with E-state index >= 15 is 0 Å². The van der Waals surface area contributed by atoms with Gasteiger partial charge < -0.3 is 11.1 Å². The Morgan fingerprint density at radius 2 is 2.05 bits per heavy atom. The molecule has 6 heteroatoms. The molecule has 1 aromatic heterocycles. The third-order valence-electron chi connectivity index (χ3n) is 3.16. The van der Waals surface area contributed by atoms with Crippen molar-refractivity contribution >= 4 is 44.2 Å². The molecule has 0 saturated carbocycles. The Balaban J connectivity index is 2.03. The maximum atomic E-state index is 12.1. The molecule has 0 radical (unpaired) electrons. The predicted octanol–water partition coefficient (Wildman–Crippen LogP) is 3.32. The largest absolute Gasteiger partial charge is 0.399 e. The summed E-state index contributed by atoms with van der Waals surface area (Å²) in [6.45, 7) is 2.01. The van der Waals surface area contributed by atoms with Crippen molar-refractivity contribution in [2.75, 3.05) is 11.1 Å². The average molecular weight is 345 g/mol. The van der Waals surface area contributed by atoms with Gasteiger partial charge in [0, 0.05) is 15.8 Å². The van der Waals surface area contributed by atoms with Crippen LogP contribution >= 0.6 is 15.9 Å². The highest BCUT2D eigenvalue weighted by Crippen LogP contribution is 2.22. The fourth-order valence-corrected chi connectivity index (χ4v) is 2.40. The van der Waals surface area contributed by atoms with Crippen molar-refractivity contribution in [2.45, 2.75) is 6.92 Å². The number of rotatable bonds is 2. The Morgan fingerprint density at radius 1 is 1.24 bits per heavy atom. The highest BCUT2D eigenvalue weighted by molar-refractivity contribution is 9.10. The Hall–Kier alpha value is -2.34. The van der Waals surface area contributed by atoms with E-state index in [9.17, 15) is 4.79 Å². The Kier molecular flexibility index (Phi) is 3.39. The van der Waals surface area contributed by atoms with Crippen LogP contribution < -0.4 is 16.6 Å². The zero-order chi connectivity index (χ0) is 15.0. The van der Waals surface area contributed by atoms with Crippen LogP contribution in [0.15, 0.2) is 45.7 Å². The molecule has 0 fully saturated rings. The minimum absolute atomic E-state index is 0.221. The summed E-state index contributed by atoms with van der Waals surface area (Å²) in [5.41, 5.74) is 8.57. The summed E-state index contributed by atoms with van der Waals surface area (Å²) >= 11 is 3.48. The second-order valence-corrected chi connectivity index (χ2v) is 5.63. The highest BCUT2D eigenvalue weighted by atomic mass is 79.9. The van der Waals surface area contributed by atoms with Gasteiger partial charge in [0.25, 0.3) is 5.56 Å². The lowest BCUT2D eigenvalue weighted by molar-refractivity contribution is 1.17. The predicted molar refractivity (Wildman–Crippen MR) is 88.9 cm³/mol. The number of nitrogens with one attached hydrogen (secondary N) is 2. The average Bonchev–Trinajstić information content (AvgIpc) is 2.44. The van der Waals surface area contributed by atoms with Gasteiger partial charge in [-0.25, -0.2) is 4.98 Å². The number of anilines is 3. The van der Waals surface area contributed by atoms with Gasteiger partial charge in [-0.3, -0.25) is 9.78 Å². The molecule has 3 rings (SSSR count). The Bertz CT molecular complexity index is 888. The van der Waals surface area contributed by atoms with Gasteiger partial charge in [-0.15, -0.1) is 0 Å². The second kappa shape index (κ2) is 5.21. The normalized spacial score (nSPS) is 10.8. The van der Waals surface area contributed by atoms with Crippen molar-refractivity contribution in [3.8, 4) is 0 Å². The standard InChI is InChI=1S/C15H13BrN4O/c1-8-2-4-10(7-12(8)16)18-15-19-13-5-3-9(17)6-11(13)14(21)20-15/h2-7H,17H2,1H3,(H2,18,19,20,21). The van der Waals surface area contributed by atoms with E-state index in [1.54, 1.807) is 18.2 Å². The zero-order valence-electron chi connectivity index (χ0n) is 11.3. The van der Waals surface area contributed by atoms with Gasteiger partial charge in [-0.2, -0.15) is 0 Å². The van der Waals surface area contributed by atoms with Crippen molar-refractivity contribution in [1.82, 2.24) is 9.97 Å². The summed E-state index contributed by atoms with van der Waals surface area (Å²) in [5, 5.41) is 3.57. The minimum atomic E-state index is -0.221. The van der Waals surface area contributed by atoms with E-state index in [0.717, 1.165) is 15.7 Å². The molecule has 4 N–H and O–H groups in total. The van der Waals surface area contributed by atoms with Crippen LogP contribution in [0.25, 0.3) is 10.9 Å². The Morgan fingerprint density at radius 3 is 2.81 bits per heavy atom. The van der Waals surface area contributed by atoms with Crippen LogP contribution in [-0.4, -0.2) is 9.97 Å². The maximum absolute atomic E-state index is 12.1. The molecule has 0 aliphatic heterocycles. The second-order valence-electron chi connectivity index (χ2n) is 4.78. The number of fused-ring (bicyclic) bond motifs is 1. The molecule has 0 unspecified atom stereocenters. The molecular weight excluding hydrogens is 332 g/mol. The van der Waals surface area contributed by atoms with Crippen LogP contribution in [0.2, 0.25) is 0 Å². The molecule has 0 bridgehead atoms. The van der Waals surface area contributed by atoms with Gasteiger partial charge in [0.15, 0.2) is 0 Å². The van der Waals surface area contributed by atoms with Gasteiger partial charge in [-0.05, 0) is 42.8 Å². The number of aryl methyl sites for hydroxylation is 1. The van der Waals surface area contributed by atoms with Crippen molar-refractivity contribution < 1.29 is 0 Å². The molecule has 5 nitrogen and oxygen atoms in total. The summed E-state index contributed by atoms with van der Waals surface area (Å²) in [6, 6.07) is 10.9. The van der Waals surface area contributed by atoms with Crippen LogP contribution in [0.5, 0.6) is 0 Å². The van der Waals surface area contributed by atoms with E-state index in [-0.39, 0.29) is 5.56 Å². The Labute approximate surface area is 129 Å². The first-order valence-electron chi connectivity index (χ1n) is 6.36. The molecule has 106 valence electrons. The number of hydrogen-bond donors (Lipinski definition) is 3. The fourth-order valence-electron chi connectivity index (χ4n) is 2.02. The van der Waals surface area contributed by atoms with Crippen LogP contribution in [0, 0.1) is 6.92 Å². The van der Waals surface area contributed by atoms with Crippen molar-refractivity contribution in [2.24, 2.45) is 0 Å². The van der Waals surface area contributed by atoms with Crippen molar-refractivity contribution in [1.29, 1.82) is 0 Å². The first-order valence-corrected chi connectivity index (χ1v) is 7.15. The van der Waals surface area contributed by atoms with Gasteiger partial charge in [0.1, 0.15) is 0 Å². The number of halogens is 1. The quantitative estimate of drug-likeness (QED) is 0.622. The summed E-state index contributed by atoms with van der Waals surface area (Å²) in [5.74, 6) is 0.396. The molecule has 2 aromatic carbocycles. The number of benzene rings is 2. The van der Waals surface area contributed by atoms with Gasteiger partial charge in [-0.1, -0.05) is 22.0 Å². The number of nitrogens with zero attached hydrogens (tertiary/aromatic N) is 1. The molecule has 3 aromatic rings. The molecular formula is C15H13BrN4O. The van der Waals surface area contributed by atoms with Crippen LogP contribution in [0.4, 0.5) is 17.3 Å². The molecule has 0 saturated heterocycles. The molecule has 0 atom stereocenters. The molecule has 0 spiro atoms. The lowest BCUT2D eigenvalue weighted by Crippen LogP contribution is -2.11. The van der Waals surface area contributed by atoms with Crippen LogP contribution in [0.1, 0.15) is 5.56 Å². The third-order valence-corrected chi connectivity index (χ3v) is 4.02. The number of hydrogen-bond acceptors (Lipinski definition) is 4.